The number of hydrogen-bond acceptors (Lipinski definition) is 4. The number of aromatic nitrogens is 2. The van der Waals surface area contributed by atoms with Crippen molar-refractivity contribution in [1.82, 2.24) is 20.2 Å². The lowest BCUT2D eigenvalue weighted by Gasteiger charge is -2.24. The van der Waals surface area contributed by atoms with Crippen LogP contribution in [0.3, 0.4) is 0 Å². The van der Waals surface area contributed by atoms with Crippen LogP contribution in [0.15, 0.2) is 5.03 Å². The molecule has 6 nitrogen and oxygen atoms in total. The van der Waals surface area contributed by atoms with E-state index in [1.165, 1.54) is 12.8 Å². The summed E-state index contributed by atoms with van der Waals surface area (Å²) >= 11 is 0. The third-order valence-electron chi connectivity index (χ3n) is 4.52. The third-order valence-corrected chi connectivity index (χ3v) is 6.13. The number of sulfonamides is 1. The van der Waals surface area contributed by atoms with Crippen LogP contribution in [-0.4, -0.2) is 30.2 Å². The second kappa shape index (κ2) is 5.37. The third kappa shape index (κ3) is 3.30. The Balaban J connectivity index is 1.80. The second-order valence-electron chi connectivity index (χ2n) is 6.66. The Morgan fingerprint density at radius 2 is 2.00 bits per heavy atom. The number of H-pyrrole nitrogens is 1. The fraction of sp³-hybridized carbons (Fsp3) is 0.786. The van der Waals surface area contributed by atoms with E-state index in [1.807, 2.05) is 13.8 Å². The van der Waals surface area contributed by atoms with Crippen molar-refractivity contribution in [2.45, 2.75) is 75.5 Å². The number of nitrogens with one attached hydrogen (secondary N) is 3. The van der Waals surface area contributed by atoms with Crippen molar-refractivity contribution in [3.63, 3.8) is 0 Å². The van der Waals surface area contributed by atoms with Gasteiger partial charge in [0.2, 0.25) is 0 Å². The molecule has 7 heteroatoms. The number of hydrogen-bond donors (Lipinski definition) is 3. The van der Waals surface area contributed by atoms with Gasteiger partial charge in [0.25, 0.3) is 10.0 Å². The monoisotopic (exact) mass is 312 g/mol. The highest BCUT2D eigenvalue weighted by atomic mass is 32.2. The van der Waals surface area contributed by atoms with Gasteiger partial charge in [-0.05, 0) is 39.5 Å². The van der Waals surface area contributed by atoms with Crippen LogP contribution in [0, 0.1) is 6.92 Å². The minimum Gasteiger partial charge on any atom is -0.310 e. The molecule has 118 valence electrons. The van der Waals surface area contributed by atoms with Crippen LogP contribution >= 0.6 is 0 Å². The molecule has 21 heavy (non-hydrogen) atoms. The summed E-state index contributed by atoms with van der Waals surface area (Å²) in [6, 6.07) is 0.537. The Morgan fingerprint density at radius 1 is 1.33 bits per heavy atom. The maximum Gasteiger partial charge on any atom is 0.260 e. The molecule has 2 saturated carbocycles. The van der Waals surface area contributed by atoms with Crippen molar-refractivity contribution in [1.29, 1.82) is 0 Å². The molecule has 2 aliphatic carbocycles. The van der Waals surface area contributed by atoms with Gasteiger partial charge in [-0.3, -0.25) is 5.10 Å². The number of aromatic amines is 1. The normalized spacial score (nSPS) is 21.8. The van der Waals surface area contributed by atoms with Gasteiger partial charge in [0.1, 0.15) is 0 Å². The lowest BCUT2D eigenvalue weighted by Crippen LogP contribution is -2.44. The molecule has 0 unspecified atom stereocenters. The van der Waals surface area contributed by atoms with E-state index < -0.39 is 10.0 Å². The van der Waals surface area contributed by atoms with Gasteiger partial charge in [-0.2, -0.15) is 5.10 Å². The highest BCUT2D eigenvalue weighted by Crippen LogP contribution is 2.31. The van der Waals surface area contributed by atoms with E-state index in [2.05, 4.69) is 20.2 Å². The molecule has 0 aliphatic heterocycles. The topological polar surface area (TPSA) is 86.9 Å². The number of nitrogens with zero attached hydrogens (tertiary/aromatic N) is 1. The summed E-state index contributed by atoms with van der Waals surface area (Å²) in [6.07, 6.45) is 6.30. The van der Waals surface area contributed by atoms with E-state index in [4.69, 9.17) is 0 Å². The zero-order valence-corrected chi connectivity index (χ0v) is 13.5. The molecular weight excluding hydrogens is 288 g/mol. The molecule has 0 saturated heterocycles. The first-order chi connectivity index (χ1) is 9.90. The molecule has 0 radical (unpaired) electrons. The van der Waals surface area contributed by atoms with Gasteiger partial charge in [-0.25, -0.2) is 13.1 Å². The van der Waals surface area contributed by atoms with Crippen LogP contribution in [-0.2, 0) is 16.6 Å². The Labute approximate surface area is 126 Å². The van der Waals surface area contributed by atoms with Crippen molar-refractivity contribution in [3.05, 3.63) is 11.3 Å². The Kier molecular flexibility index (Phi) is 3.83. The molecule has 0 amide bonds. The Bertz CT molecular complexity index is 613. The van der Waals surface area contributed by atoms with Gasteiger partial charge in [0.05, 0.1) is 0 Å². The first-order valence-electron chi connectivity index (χ1n) is 7.71. The molecule has 3 N–H and O–H groups in total. The maximum absolute atomic E-state index is 12.7. The lowest BCUT2D eigenvalue weighted by molar-refractivity contribution is 0.426. The average molecular weight is 312 g/mol. The van der Waals surface area contributed by atoms with Gasteiger partial charge in [-0.1, -0.05) is 12.8 Å². The summed E-state index contributed by atoms with van der Waals surface area (Å²) in [4.78, 5) is 0. The van der Waals surface area contributed by atoms with Crippen LogP contribution in [0.5, 0.6) is 0 Å². The molecule has 1 aromatic rings. The molecule has 0 bridgehead atoms. The van der Waals surface area contributed by atoms with Crippen molar-refractivity contribution in [2.75, 3.05) is 0 Å². The van der Waals surface area contributed by atoms with E-state index >= 15 is 0 Å². The molecule has 3 rings (SSSR count). The first-order valence-corrected chi connectivity index (χ1v) is 9.19. The van der Waals surface area contributed by atoms with E-state index in [9.17, 15) is 8.42 Å². The summed E-state index contributed by atoms with van der Waals surface area (Å²) < 4.78 is 28.2. The number of aryl methyl sites for hydroxylation is 1. The standard InChI is InChI=1S/C14H24N4O2S/c1-10-12(9-15-11-5-6-11)13(17-16-10)21(19,20)18-14(2)7-3-4-8-14/h11,15,18H,3-9H2,1-2H3,(H,16,17). The van der Waals surface area contributed by atoms with Gasteiger partial charge in [-0.15, -0.1) is 0 Å². The Hall–Kier alpha value is -0.920. The van der Waals surface area contributed by atoms with Gasteiger partial charge in [0.15, 0.2) is 5.03 Å². The molecule has 1 aromatic heterocycles. The fourth-order valence-electron chi connectivity index (χ4n) is 3.02. The van der Waals surface area contributed by atoms with E-state index in [1.54, 1.807) is 0 Å². The largest absolute Gasteiger partial charge is 0.310 e. The predicted molar refractivity (Wildman–Crippen MR) is 80.4 cm³/mol. The summed E-state index contributed by atoms with van der Waals surface area (Å²) in [5.41, 5.74) is 1.25. The van der Waals surface area contributed by atoms with E-state index in [0.717, 1.165) is 36.9 Å². The van der Waals surface area contributed by atoms with Gasteiger partial charge < -0.3 is 5.32 Å². The number of rotatable bonds is 6. The van der Waals surface area contributed by atoms with E-state index in [-0.39, 0.29) is 10.6 Å². The van der Waals surface area contributed by atoms with Crippen molar-refractivity contribution >= 4 is 10.0 Å². The van der Waals surface area contributed by atoms with Crippen LogP contribution in [0.25, 0.3) is 0 Å². The molecular formula is C14H24N4O2S. The molecule has 1 heterocycles. The summed E-state index contributed by atoms with van der Waals surface area (Å²) in [5, 5.41) is 10.4. The van der Waals surface area contributed by atoms with Crippen molar-refractivity contribution in [2.24, 2.45) is 0 Å². The average Bonchev–Trinajstić information content (AvgIpc) is 3.02. The van der Waals surface area contributed by atoms with Crippen molar-refractivity contribution in [3.8, 4) is 0 Å². The van der Waals surface area contributed by atoms with Gasteiger partial charge >= 0.3 is 0 Å². The van der Waals surface area contributed by atoms with Crippen LogP contribution in [0.1, 0.15) is 56.7 Å². The molecule has 0 atom stereocenters. The van der Waals surface area contributed by atoms with Crippen LogP contribution < -0.4 is 10.0 Å². The summed E-state index contributed by atoms with van der Waals surface area (Å²) in [6.45, 7) is 4.41. The second-order valence-corrected chi connectivity index (χ2v) is 8.26. The molecule has 2 fully saturated rings. The summed E-state index contributed by atoms with van der Waals surface area (Å²) in [7, 11) is -3.57. The minimum absolute atomic E-state index is 0.154. The predicted octanol–water partition coefficient (Wildman–Crippen LogP) is 1.58. The molecule has 2 aliphatic rings. The highest BCUT2D eigenvalue weighted by molar-refractivity contribution is 7.89. The summed E-state index contributed by atoms with van der Waals surface area (Å²) in [5.74, 6) is 0. The van der Waals surface area contributed by atoms with Crippen LogP contribution in [0.2, 0.25) is 0 Å². The van der Waals surface area contributed by atoms with Gasteiger partial charge in [0, 0.05) is 29.4 Å². The zero-order chi connectivity index (χ0) is 15.1. The quantitative estimate of drug-likeness (QED) is 0.744. The fourth-order valence-corrected chi connectivity index (χ4v) is 4.69. The minimum atomic E-state index is -3.57. The SMILES string of the molecule is Cc1[nH]nc(S(=O)(=O)NC2(C)CCCC2)c1CNC1CC1. The zero-order valence-electron chi connectivity index (χ0n) is 12.7. The highest BCUT2D eigenvalue weighted by Gasteiger charge is 2.36. The van der Waals surface area contributed by atoms with E-state index in [0.29, 0.717) is 12.6 Å². The lowest BCUT2D eigenvalue weighted by atomic mass is 10.0. The maximum atomic E-state index is 12.7. The first kappa shape index (κ1) is 15.0. The van der Waals surface area contributed by atoms with Crippen molar-refractivity contribution < 1.29 is 8.42 Å². The Morgan fingerprint density at radius 3 is 2.62 bits per heavy atom. The molecule has 0 aromatic carbocycles. The molecule has 0 spiro atoms. The van der Waals surface area contributed by atoms with Crippen LogP contribution in [0.4, 0.5) is 0 Å². The smallest absolute Gasteiger partial charge is 0.260 e.